The molecule has 2 aliphatic rings. The van der Waals surface area contributed by atoms with Crippen molar-refractivity contribution in [2.45, 2.75) is 52.8 Å². The molecule has 1 aliphatic heterocycles. The van der Waals surface area contributed by atoms with Crippen LogP contribution in [0.5, 0.6) is 0 Å². The second-order valence-electron chi connectivity index (χ2n) is 8.20. The number of ether oxygens (including phenoxy) is 1. The Hall–Kier alpha value is -0.833. The van der Waals surface area contributed by atoms with Crippen LogP contribution in [0.2, 0.25) is 19.6 Å². The third-order valence-corrected chi connectivity index (χ3v) is 5.87. The molecule has 20 heavy (non-hydrogen) atoms. The third kappa shape index (κ3) is 3.08. The molecular formula is C17H28O2Si. The fourth-order valence-electron chi connectivity index (χ4n) is 3.76. The van der Waals surface area contributed by atoms with Crippen LogP contribution in [0.3, 0.4) is 0 Å². The van der Waals surface area contributed by atoms with E-state index in [0.29, 0.717) is 6.61 Å². The van der Waals surface area contributed by atoms with Crippen molar-refractivity contribution in [1.82, 2.24) is 0 Å². The smallest absolute Gasteiger partial charge is 0.310 e. The van der Waals surface area contributed by atoms with Crippen LogP contribution < -0.4 is 0 Å². The summed E-state index contributed by atoms with van der Waals surface area (Å²) in [6.07, 6.45) is 9.94. The number of cyclic esters (lactones) is 1. The van der Waals surface area contributed by atoms with Crippen molar-refractivity contribution in [2.75, 3.05) is 6.61 Å². The molecule has 1 aliphatic carbocycles. The molecule has 0 bridgehead atoms. The lowest BCUT2D eigenvalue weighted by Gasteiger charge is -2.44. The zero-order valence-electron chi connectivity index (χ0n) is 13.5. The van der Waals surface area contributed by atoms with Gasteiger partial charge in [0.1, 0.15) is 6.61 Å². The van der Waals surface area contributed by atoms with Crippen molar-refractivity contribution in [3.63, 3.8) is 0 Å². The van der Waals surface area contributed by atoms with E-state index >= 15 is 0 Å². The Labute approximate surface area is 124 Å². The van der Waals surface area contributed by atoms with Crippen LogP contribution in [0.4, 0.5) is 0 Å². The van der Waals surface area contributed by atoms with Crippen LogP contribution in [0.25, 0.3) is 0 Å². The molecule has 0 aromatic carbocycles. The van der Waals surface area contributed by atoms with Crippen LogP contribution >= 0.6 is 0 Å². The molecule has 0 unspecified atom stereocenters. The van der Waals surface area contributed by atoms with E-state index in [1.165, 1.54) is 6.42 Å². The SMILES string of the molecule is CC1(C)CCC[C@]2(/C=C/C=C/[Si](C)(C)C)COC(=O)[C@H]12. The molecule has 0 aromatic heterocycles. The highest BCUT2D eigenvalue weighted by atomic mass is 28.3. The Morgan fingerprint density at radius 1 is 1.20 bits per heavy atom. The highest BCUT2D eigenvalue weighted by molar-refractivity contribution is 6.80. The first-order chi connectivity index (χ1) is 9.16. The molecule has 2 fully saturated rings. The third-order valence-electron chi connectivity index (χ3n) is 4.67. The van der Waals surface area contributed by atoms with E-state index in [9.17, 15) is 4.79 Å². The first-order valence-corrected chi connectivity index (χ1v) is 11.3. The van der Waals surface area contributed by atoms with E-state index in [1.54, 1.807) is 0 Å². The molecule has 0 aromatic rings. The van der Waals surface area contributed by atoms with E-state index in [0.717, 1.165) is 12.8 Å². The number of hydrogen-bond donors (Lipinski definition) is 0. The van der Waals surface area contributed by atoms with Gasteiger partial charge in [0.15, 0.2) is 0 Å². The predicted molar refractivity (Wildman–Crippen MR) is 86.1 cm³/mol. The van der Waals surface area contributed by atoms with Gasteiger partial charge in [-0.3, -0.25) is 4.79 Å². The summed E-state index contributed by atoms with van der Waals surface area (Å²) in [5, 5.41) is 0. The number of hydrogen-bond acceptors (Lipinski definition) is 2. The molecule has 0 amide bonds. The summed E-state index contributed by atoms with van der Waals surface area (Å²) in [5.41, 5.74) is 2.32. The Morgan fingerprint density at radius 2 is 1.90 bits per heavy atom. The fraction of sp³-hybridized carbons (Fsp3) is 0.706. The number of carbonyl (C=O) groups excluding carboxylic acids is 1. The van der Waals surface area contributed by atoms with Crippen LogP contribution in [0, 0.1) is 16.7 Å². The minimum absolute atomic E-state index is 0.00789. The number of rotatable bonds is 3. The maximum Gasteiger partial charge on any atom is 0.310 e. The maximum atomic E-state index is 12.2. The minimum atomic E-state index is -1.15. The van der Waals surface area contributed by atoms with Crippen molar-refractivity contribution in [3.05, 3.63) is 23.9 Å². The van der Waals surface area contributed by atoms with E-state index in [-0.39, 0.29) is 22.7 Å². The summed E-state index contributed by atoms with van der Waals surface area (Å²) in [6.45, 7) is 12.0. The van der Waals surface area contributed by atoms with Gasteiger partial charge in [-0.25, -0.2) is 0 Å². The quantitative estimate of drug-likeness (QED) is 0.439. The van der Waals surface area contributed by atoms with Gasteiger partial charge in [0.25, 0.3) is 0 Å². The summed E-state index contributed by atoms with van der Waals surface area (Å²) in [7, 11) is -1.15. The van der Waals surface area contributed by atoms with Gasteiger partial charge in [0.2, 0.25) is 0 Å². The largest absolute Gasteiger partial charge is 0.464 e. The molecule has 1 saturated heterocycles. The van der Waals surface area contributed by atoms with Crippen LogP contribution in [-0.4, -0.2) is 20.7 Å². The predicted octanol–water partition coefficient (Wildman–Crippen LogP) is 4.35. The van der Waals surface area contributed by atoms with Crippen molar-refractivity contribution in [3.8, 4) is 0 Å². The summed E-state index contributed by atoms with van der Waals surface area (Å²) in [4.78, 5) is 12.2. The normalized spacial score (nSPS) is 33.6. The Balaban J connectivity index is 2.21. The van der Waals surface area contributed by atoms with Gasteiger partial charge in [-0.05, 0) is 18.3 Å². The number of fused-ring (bicyclic) bond motifs is 1. The van der Waals surface area contributed by atoms with Crippen molar-refractivity contribution in [2.24, 2.45) is 16.7 Å². The number of esters is 1. The Kier molecular flexibility index (Phi) is 4.02. The highest BCUT2D eigenvalue weighted by Gasteiger charge is 2.57. The lowest BCUT2D eigenvalue weighted by Crippen LogP contribution is -2.43. The molecule has 2 nitrogen and oxygen atoms in total. The number of allylic oxidation sites excluding steroid dienone is 2. The summed E-state index contributed by atoms with van der Waals surface area (Å²) in [6, 6.07) is 0. The van der Waals surface area contributed by atoms with Crippen molar-refractivity contribution >= 4 is 14.0 Å². The first-order valence-electron chi connectivity index (χ1n) is 7.70. The van der Waals surface area contributed by atoms with E-state index in [2.05, 4.69) is 57.4 Å². The maximum absolute atomic E-state index is 12.2. The Bertz CT molecular complexity index is 442. The molecule has 112 valence electrons. The molecule has 0 spiro atoms. The molecule has 0 N–H and O–H groups in total. The summed E-state index contributed by atoms with van der Waals surface area (Å²) in [5.74, 6) is 0.0359. The molecular weight excluding hydrogens is 264 g/mol. The van der Waals surface area contributed by atoms with Gasteiger partial charge in [0.05, 0.1) is 14.0 Å². The standard InChI is InChI=1S/C17H28O2Si/c1-16(2)9-8-11-17(13-19-15(18)14(16)17)10-6-7-12-20(3,4)5/h6-7,10,12,14H,8-9,11,13H2,1-5H3/b10-6+,12-7+/t14-,17-/m1/s1. The number of carbonyl (C=O) groups is 1. The van der Waals surface area contributed by atoms with Crippen LogP contribution in [-0.2, 0) is 9.53 Å². The van der Waals surface area contributed by atoms with E-state index in [1.807, 2.05) is 0 Å². The average Bonchev–Trinajstić information content (AvgIpc) is 2.63. The van der Waals surface area contributed by atoms with Gasteiger partial charge in [-0.1, -0.05) is 63.8 Å². The van der Waals surface area contributed by atoms with Crippen LogP contribution in [0.15, 0.2) is 23.9 Å². The highest BCUT2D eigenvalue weighted by Crippen LogP contribution is 2.55. The molecule has 2 rings (SSSR count). The van der Waals surface area contributed by atoms with Crippen molar-refractivity contribution < 1.29 is 9.53 Å². The summed E-state index contributed by atoms with van der Waals surface area (Å²) >= 11 is 0. The molecule has 2 atom stereocenters. The average molecular weight is 292 g/mol. The lowest BCUT2D eigenvalue weighted by atomic mass is 9.57. The first kappa shape index (κ1) is 15.6. The molecule has 1 saturated carbocycles. The molecule has 3 heteroatoms. The molecule has 0 radical (unpaired) electrons. The monoisotopic (exact) mass is 292 g/mol. The van der Waals surface area contributed by atoms with Crippen LogP contribution in [0.1, 0.15) is 33.1 Å². The zero-order chi connectivity index (χ0) is 15.0. The van der Waals surface area contributed by atoms with Crippen molar-refractivity contribution in [1.29, 1.82) is 0 Å². The van der Waals surface area contributed by atoms with Gasteiger partial charge < -0.3 is 4.74 Å². The van der Waals surface area contributed by atoms with Gasteiger partial charge in [-0.15, -0.1) is 0 Å². The topological polar surface area (TPSA) is 26.3 Å². The van der Waals surface area contributed by atoms with E-state index in [4.69, 9.17) is 4.74 Å². The zero-order valence-corrected chi connectivity index (χ0v) is 14.5. The van der Waals surface area contributed by atoms with Gasteiger partial charge in [-0.2, -0.15) is 0 Å². The second-order valence-corrected chi connectivity index (χ2v) is 13.3. The van der Waals surface area contributed by atoms with Gasteiger partial charge >= 0.3 is 5.97 Å². The molecule has 1 heterocycles. The fourth-order valence-corrected chi connectivity index (χ4v) is 4.45. The minimum Gasteiger partial charge on any atom is -0.464 e. The second kappa shape index (κ2) is 5.17. The Morgan fingerprint density at radius 3 is 2.55 bits per heavy atom. The van der Waals surface area contributed by atoms with E-state index < -0.39 is 8.07 Å². The summed E-state index contributed by atoms with van der Waals surface area (Å²) < 4.78 is 5.43. The lowest BCUT2D eigenvalue weighted by molar-refractivity contribution is -0.145. The van der Waals surface area contributed by atoms with Gasteiger partial charge in [0, 0.05) is 5.41 Å².